The van der Waals surface area contributed by atoms with Crippen molar-refractivity contribution < 1.29 is 4.79 Å². The van der Waals surface area contributed by atoms with Crippen LogP contribution in [0.1, 0.15) is 45.8 Å². The number of hydrogen-bond donors (Lipinski definition) is 1. The third-order valence-corrected chi connectivity index (χ3v) is 4.79. The Hall–Kier alpha value is -2.09. The van der Waals surface area contributed by atoms with Gasteiger partial charge >= 0.3 is 0 Å². The van der Waals surface area contributed by atoms with Gasteiger partial charge in [-0.3, -0.25) is 4.79 Å². The van der Waals surface area contributed by atoms with Crippen LogP contribution < -0.4 is 5.32 Å². The molecule has 0 bridgehead atoms. The predicted molar refractivity (Wildman–Crippen MR) is 85.1 cm³/mol. The van der Waals surface area contributed by atoms with Crippen LogP contribution in [0.2, 0.25) is 0 Å². The van der Waals surface area contributed by atoms with E-state index >= 15 is 0 Å². The number of ketones is 1. The average molecular weight is 277 g/mol. The van der Waals surface area contributed by atoms with Gasteiger partial charge in [-0.1, -0.05) is 36.4 Å². The summed E-state index contributed by atoms with van der Waals surface area (Å²) in [6.07, 6.45) is 3.83. The quantitative estimate of drug-likeness (QED) is 0.860. The van der Waals surface area contributed by atoms with Crippen LogP contribution in [-0.2, 0) is 12.8 Å². The van der Waals surface area contributed by atoms with E-state index in [0.717, 1.165) is 37.1 Å². The van der Waals surface area contributed by atoms with Gasteiger partial charge in [-0.05, 0) is 47.9 Å². The van der Waals surface area contributed by atoms with Crippen LogP contribution in [0.5, 0.6) is 0 Å². The maximum atomic E-state index is 12.7. The van der Waals surface area contributed by atoms with Gasteiger partial charge < -0.3 is 5.32 Å². The molecule has 1 aliphatic carbocycles. The van der Waals surface area contributed by atoms with Crippen molar-refractivity contribution in [3.05, 3.63) is 64.7 Å². The van der Waals surface area contributed by atoms with Gasteiger partial charge in [0.05, 0.1) is 0 Å². The number of carbonyl (C=O) groups is 1. The van der Waals surface area contributed by atoms with Gasteiger partial charge in [-0.25, -0.2) is 0 Å². The molecule has 0 saturated heterocycles. The molecule has 21 heavy (non-hydrogen) atoms. The molecule has 1 unspecified atom stereocenters. The summed E-state index contributed by atoms with van der Waals surface area (Å²) in [5.74, 6) is 0.719. The van der Waals surface area contributed by atoms with Gasteiger partial charge in [-0.15, -0.1) is 0 Å². The van der Waals surface area contributed by atoms with Crippen molar-refractivity contribution in [3.63, 3.8) is 0 Å². The Morgan fingerprint density at radius 1 is 1.14 bits per heavy atom. The summed E-state index contributed by atoms with van der Waals surface area (Å²) < 4.78 is 0. The van der Waals surface area contributed by atoms with Gasteiger partial charge in [0.25, 0.3) is 0 Å². The Balaban J connectivity index is 1.57. The van der Waals surface area contributed by atoms with Crippen LogP contribution in [0.15, 0.2) is 42.5 Å². The summed E-state index contributed by atoms with van der Waals surface area (Å²) >= 11 is 0. The number of fused-ring (bicyclic) bond motifs is 2. The predicted octanol–water partition coefficient (Wildman–Crippen LogP) is 3.96. The van der Waals surface area contributed by atoms with Gasteiger partial charge in [0.1, 0.15) is 0 Å². The molecule has 2 aliphatic rings. The number of carbonyl (C=O) groups excluding carboxylic acids is 1. The van der Waals surface area contributed by atoms with Gasteiger partial charge in [-0.2, -0.15) is 0 Å². The molecular weight excluding hydrogens is 258 g/mol. The first kappa shape index (κ1) is 12.6. The first-order valence-electron chi connectivity index (χ1n) is 7.79. The number of Topliss-reactive ketones (excluding diaryl/α,β-unsaturated/α-hetero) is 1. The summed E-state index contributed by atoms with van der Waals surface area (Å²) in [6.45, 7) is 1.01. The lowest BCUT2D eigenvalue weighted by Gasteiger charge is -2.30. The molecule has 0 amide bonds. The molecule has 2 aromatic rings. The zero-order chi connectivity index (χ0) is 14.2. The summed E-state index contributed by atoms with van der Waals surface area (Å²) in [5, 5.41) is 3.40. The topological polar surface area (TPSA) is 29.1 Å². The van der Waals surface area contributed by atoms with Crippen molar-refractivity contribution in [2.24, 2.45) is 0 Å². The molecule has 0 aromatic heterocycles. The lowest BCUT2D eigenvalue weighted by molar-refractivity contribution is 0.0969. The van der Waals surface area contributed by atoms with E-state index in [2.05, 4.69) is 35.6 Å². The number of anilines is 1. The largest absolute Gasteiger partial charge is 0.385 e. The Morgan fingerprint density at radius 2 is 2.05 bits per heavy atom. The molecule has 1 heterocycles. The summed E-state index contributed by atoms with van der Waals surface area (Å²) in [6, 6.07) is 14.6. The molecule has 2 nitrogen and oxygen atoms in total. The molecule has 1 N–H and O–H groups in total. The Bertz CT molecular complexity index is 704. The second kappa shape index (κ2) is 5.03. The number of nitrogens with one attached hydrogen (secondary N) is 1. The molecule has 0 spiro atoms. The maximum absolute atomic E-state index is 12.7. The first-order valence-corrected chi connectivity index (χ1v) is 7.79. The fraction of sp³-hybridized carbons (Fsp3) is 0.316. The number of rotatable bonds is 3. The van der Waals surface area contributed by atoms with Crippen molar-refractivity contribution in [1.29, 1.82) is 0 Å². The molecular formula is C19H19NO. The normalized spacial score (nSPS) is 19.0. The van der Waals surface area contributed by atoms with E-state index in [4.69, 9.17) is 0 Å². The van der Waals surface area contributed by atoms with E-state index in [1.165, 1.54) is 16.7 Å². The van der Waals surface area contributed by atoms with Crippen molar-refractivity contribution in [2.45, 2.75) is 31.6 Å². The molecule has 0 saturated carbocycles. The highest BCUT2D eigenvalue weighted by Gasteiger charge is 2.28. The van der Waals surface area contributed by atoms with Gasteiger partial charge in [0.15, 0.2) is 5.78 Å². The van der Waals surface area contributed by atoms with Gasteiger partial charge in [0, 0.05) is 24.2 Å². The van der Waals surface area contributed by atoms with E-state index in [0.29, 0.717) is 18.1 Å². The molecule has 4 rings (SSSR count). The second-order valence-electron chi connectivity index (χ2n) is 6.09. The van der Waals surface area contributed by atoms with Crippen LogP contribution >= 0.6 is 0 Å². The first-order chi connectivity index (χ1) is 10.3. The van der Waals surface area contributed by atoms with Crippen molar-refractivity contribution in [3.8, 4) is 0 Å². The van der Waals surface area contributed by atoms with Crippen LogP contribution in [0.4, 0.5) is 5.69 Å². The third kappa shape index (κ3) is 2.15. The van der Waals surface area contributed by atoms with Gasteiger partial charge in [0.2, 0.25) is 0 Å². The third-order valence-electron chi connectivity index (χ3n) is 4.79. The van der Waals surface area contributed by atoms with E-state index in [1.54, 1.807) is 0 Å². The van der Waals surface area contributed by atoms with Crippen LogP contribution in [0.3, 0.4) is 0 Å². The van der Waals surface area contributed by atoms with Crippen LogP contribution in [0.25, 0.3) is 0 Å². The number of benzene rings is 2. The van der Waals surface area contributed by atoms with E-state index < -0.39 is 0 Å². The zero-order valence-electron chi connectivity index (χ0n) is 12.1. The molecule has 106 valence electrons. The summed E-state index contributed by atoms with van der Waals surface area (Å²) in [5.41, 5.74) is 6.09. The molecule has 2 aromatic carbocycles. The smallest absolute Gasteiger partial charge is 0.163 e. The van der Waals surface area contributed by atoms with Crippen LogP contribution in [0, 0.1) is 0 Å². The van der Waals surface area contributed by atoms with E-state index in [9.17, 15) is 4.79 Å². The van der Waals surface area contributed by atoms with Crippen molar-refractivity contribution in [2.75, 3.05) is 11.9 Å². The molecule has 0 fully saturated rings. The highest BCUT2D eigenvalue weighted by atomic mass is 16.1. The Kier molecular flexibility index (Phi) is 3.03. The highest BCUT2D eigenvalue weighted by molar-refractivity contribution is 5.99. The average Bonchev–Trinajstić information content (AvgIpc) is 2.52. The monoisotopic (exact) mass is 277 g/mol. The SMILES string of the molecule is O=C(CC1Cc2ccccc21)c1cccc2c1CCCN2. The molecule has 0 radical (unpaired) electrons. The van der Waals surface area contributed by atoms with Crippen molar-refractivity contribution >= 4 is 11.5 Å². The zero-order valence-corrected chi connectivity index (χ0v) is 12.1. The second-order valence-corrected chi connectivity index (χ2v) is 6.09. The van der Waals surface area contributed by atoms with Crippen molar-refractivity contribution in [1.82, 2.24) is 0 Å². The minimum atomic E-state index is 0.301. The molecule has 1 atom stereocenters. The standard InChI is InChI=1S/C19H19NO/c21-19(12-14-11-13-5-1-2-6-15(13)14)17-7-3-9-18-16(17)8-4-10-20-18/h1-3,5-7,9,14,20H,4,8,10-12H2. The maximum Gasteiger partial charge on any atom is 0.163 e. The minimum Gasteiger partial charge on any atom is -0.385 e. The van der Waals surface area contributed by atoms with Crippen LogP contribution in [-0.4, -0.2) is 12.3 Å². The minimum absolute atomic E-state index is 0.301. The molecule has 1 aliphatic heterocycles. The summed E-state index contributed by atoms with van der Waals surface area (Å²) in [4.78, 5) is 12.7. The van der Waals surface area contributed by atoms with E-state index in [-0.39, 0.29) is 0 Å². The lowest BCUT2D eigenvalue weighted by atomic mass is 9.74. The Morgan fingerprint density at radius 3 is 2.95 bits per heavy atom. The highest BCUT2D eigenvalue weighted by Crippen LogP contribution is 2.38. The van der Waals surface area contributed by atoms with E-state index in [1.807, 2.05) is 12.1 Å². The fourth-order valence-electron chi connectivity index (χ4n) is 3.65. The Labute approximate surface area is 125 Å². The number of hydrogen-bond acceptors (Lipinski definition) is 2. The lowest BCUT2D eigenvalue weighted by Crippen LogP contribution is -2.21. The fourth-order valence-corrected chi connectivity index (χ4v) is 3.65. The summed E-state index contributed by atoms with van der Waals surface area (Å²) in [7, 11) is 0. The molecule has 2 heteroatoms.